The monoisotopic (exact) mass is 962 g/mol. The second-order valence-electron chi connectivity index (χ2n) is 15.5. The predicted octanol–water partition coefficient (Wildman–Crippen LogP) is 11.4. The van der Waals surface area contributed by atoms with Crippen molar-refractivity contribution in [3.05, 3.63) is 263 Å². The predicted molar refractivity (Wildman–Crippen MR) is 219 cm³/mol. The summed E-state index contributed by atoms with van der Waals surface area (Å²) in [6.07, 6.45) is 1.68. The van der Waals surface area contributed by atoms with Crippen LogP contribution in [0.3, 0.4) is 0 Å². The lowest BCUT2D eigenvalue weighted by molar-refractivity contribution is 0.376. The lowest BCUT2D eigenvalue weighted by Crippen LogP contribution is -2.32. The number of aliphatic imine (C=N–C) groups is 1. The van der Waals surface area contributed by atoms with Crippen LogP contribution in [-0.4, -0.2) is 20.7 Å². The SMILES string of the molecule is Fc1c(F)c(F)c(/C2=C3\C=CC(=N3)/C(c3c(F)c(F)c(F)c(F)c3F)=c3/cc/c([nH]3)=C(\c3c(F)c(F)c(F)c(F)c3F)c3ccc([nH]3)C(c3ccccc3)(c3ccccc3)c3ccc2[nH]3)c(F)c1F. The number of rotatable bonds is 5. The summed E-state index contributed by atoms with van der Waals surface area (Å²) in [6.45, 7) is 0. The highest BCUT2D eigenvalue weighted by molar-refractivity contribution is 6.30. The molecule has 2 aliphatic rings. The zero-order valence-electron chi connectivity index (χ0n) is 34.0. The van der Waals surface area contributed by atoms with Gasteiger partial charge in [-0.2, -0.15) is 0 Å². The van der Waals surface area contributed by atoms with Crippen LogP contribution in [0.15, 0.2) is 120 Å². The van der Waals surface area contributed by atoms with Crippen LogP contribution in [0.5, 0.6) is 0 Å². The normalized spacial score (nSPS) is 16.9. The first-order valence-electron chi connectivity index (χ1n) is 20.0. The topological polar surface area (TPSA) is 59.7 Å². The molecule has 69 heavy (non-hydrogen) atoms. The van der Waals surface area contributed by atoms with Crippen molar-refractivity contribution in [3.8, 4) is 0 Å². The number of nitrogens with one attached hydrogen (secondary N) is 3. The van der Waals surface area contributed by atoms with Crippen molar-refractivity contribution in [2.24, 2.45) is 4.99 Å². The Morgan fingerprint density at radius 2 is 0.667 bits per heavy atom. The van der Waals surface area contributed by atoms with E-state index in [1.807, 2.05) is 0 Å². The first-order chi connectivity index (χ1) is 33.0. The van der Waals surface area contributed by atoms with Crippen molar-refractivity contribution in [1.29, 1.82) is 0 Å². The van der Waals surface area contributed by atoms with E-state index in [0.29, 0.717) is 11.1 Å². The summed E-state index contributed by atoms with van der Waals surface area (Å²) < 4.78 is 231. The number of aromatic nitrogens is 3. The zero-order chi connectivity index (χ0) is 49.0. The van der Waals surface area contributed by atoms with Crippen molar-refractivity contribution in [2.45, 2.75) is 5.41 Å². The number of hydrogen-bond donors (Lipinski definition) is 3. The smallest absolute Gasteiger partial charge is 0.200 e. The molecule has 346 valence electrons. The Balaban J connectivity index is 1.46. The lowest BCUT2D eigenvalue weighted by Gasteiger charge is -2.34. The van der Waals surface area contributed by atoms with Gasteiger partial charge in [0.15, 0.2) is 69.8 Å². The summed E-state index contributed by atoms with van der Waals surface area (Å²) in [6, 6.07) is 23.0. The van der Waals surface area contributed by atoms with Gasteiger partial charge in [-0.3, -0.25) is 0 Å². The largest absolute Gasteiger partial charge is 0.357 e. The summed E-state index contributed by atoms with van der Waals surface area (Å²) in [7, 11) is 0. The summed E-state index contributed by atoms with van der Waals surface area (Å²) >= 11 is 0. The molecule has 10 rings (SSSR count). The van der Waals surface area contributed by atoms with Gasteiger partial charge in [0, 0.05) is 50.2 Å². The van der Waals surface area contributed by atoms with Gasteiger partial charge in [-0.15, -0.1) is 0 Å². The Morgan fingerprint density at radius 3 is 1.09 bits per heavy atom. The molecule has 5 heterocycles. The Hall–Kier alpha value is -8.22. The van der Waals surface area contributed by atoms with Gasteiger partial charge in [0.1, 0.15) is 5.41 Å². The highest BCUT2D eigenvalue weighted by atomic mass is 19.2. The van der Waals surface area contributed by atoms with Gasteiger partial charge in [-0.25, -0.2) is 70.8 Å². The van der Waals surface area contributed by atoms with E-state index in [0.717, 1.165) is 36.4 Å². The van der Waals surface area contributed by atoms with Gasteiger partial charge in [0.05, 0.1) is 28.1 Å². The van der Waals surface area contributed by atoms with Crippen LogP contribution in [-0.2, 0) is 5.41 Å². The highest BCUT2D eigenvalue weighted by Gasteiger charge is 2.43. The second kappa shape index (κ2) is 16.2. The molecule has 0 saturated heterocycles. The number of fused-ring (bicyclic) bond motifs is 7. The van der Waals surface area contributed by atoms with E-state index in [9.17, 15) is 13.2 Å². The van der Waals surface area contributed by atoms with E-state index in [1.165, 1.54) is 12.1 Å². The molecule has 19 heteroatoms. The molecule has 2 aliphatic heterocycles. The minimum absolute atomic E-state index is 0.0251. The zero-order valence-corrected chi connectivity index (χ0v) is 34.0. The average molecular weight is 963 g/mol. The maximum absolute atomic E-state index is 16.1. The van der Waals surface area contributed by atoms with Crippen molar-refractivity contribution in [1.82, 2.24) is 15.0 Å². The first-order valence-corrected chi connectivity index (χ1v) is 20.0. The third kappa shape index (κ3) is 6.46. The molecule has 8 aromatic rings. The van der Waals surface area contributed by atoms with Crippen LogP contribution in [0.25, 0.3) is 16.7 Å². The molecule has 3 N–H and O–H groups in total. The minimum Gasteiger partial charge on any atom is -0.357 e. The number of benzene rings is 5. The first kappa shape index (κ1) is 44.6. The van der Waals surface area contributed by atoms with Gasteiger partial charge >= 0.3 is 0 Å². The Kier molecular flexibility index (Phi) is 10.5. The van der Waals surface area contributed by atoms with E-state index < -0.39 is 160 Å². The van der Waals surface area contributed by atoms with Crippen molar-refractivity contribution >= 4 is 22.4 Å². The molecular formula is C50H21F15N4. The van der Waals surface area contributed by atoms with Crippen LogP contribution in [0.4, 0.5) is 65.9 Å². The Bertz CT molecular complexity index is 3610. The third-order valence-electron chi connectivity index (χ3n) is 11.9. The molecule has 5 aromatic carbocycles. The third-order valence-corrected chi connectivity index (χ3v) is 11.9. The Morgan fingerprint density at radius 1 is 0.319 bits per heavy atom. The van der Waals surface area contributed by atoms with Gasteiger partial charge in [0.2, 0.25) is 17.5 Å². The van der Waals surface area contributed by atoms with Gasteiger partial charge in [0.25, 0.3) is 0 Å². The molecule has 0 amide bonds. The molecular weight excluding hydrogens is 942 g/mol. The minimum atomic E-state index is -2.61. The fourth-order valence-corrected chi connectivity index (χ4v) is 8.85. The molecule has 0 unspecified atom stereocenters. The lowest BCUT2D eigenvalue weighted by atomic mass is 9.69. The van der Waals surface area contributed by atoms with Gasteiger partial charge < -0.3 is 15.0 Å². The van der Waals surface area contributed by atoms with Crippen LogP contribution in [0.2, 0.25) is 0 Å². The molecule has 0 saturated carbocycles. The van der Waals surface area contributed by atoms with Crippen LogP contribution >= 0.6 is 0 Å². The number of allylic oxidation sites excluding steroid dienone is 2. The Labute approximate surface area is 376 Å². The maximum atomic E-state index is 16.1. The second-order valence-corrected chi connectivity index (χ2v) is 15.5. The van der Waals surface area contributed by atoms with Crippen molar-refractivity contribution < 1.29 is 65.9 Å². The van der Waals surface area contributed by atoms with Crippen molar-refractivity contribution in [2.75, 3.05) is 0 Å². The van der Waals surface area contributed by atoms with E-state index in [1.54, 1.807) is 60.7 Å². The quantitative estimate of drug-likeness (QED) is 0.0875. The number of aromatic amines is 3. The van der Waals surface area contributed by atoms with Gasteiger partial charge in [-0.05, 0) is 59.7 Å². The summed E-state index contributed by atoms with van der Waals surface area (Å²) in [5.41, 5.74) is -11.0. The number of halogens is 15. The number of nitrogens with zero attached hydrogens (tertiary/aromatic N) is 1. The van der Waals surface area contributed by atoms with Gasteiger partial charge in [-0.1, -0.05) is 60.7 Å². The van der Waals surface area contributed by atoms with E-state index in [4.69, 9.17) is 0 Å². The average Bonchev–Trinajstić information content (AvgIpc) is 4.22. The molecule has 0 fully saturated rings. The summed E-state index contributed by atoms with van der Waals surface area (Å²) in [5.74, 6) is -36.6. The highest BCUT2D eigenvalue weighted by Crippen LogP contribution is 2.47. The van der Waals surface area contributed by atoms with E-state index in [2.05, 4.69) is 19.9 Å². The molecule has 3 aromatic heterocycles. The van der Waals surface area contributed by atoms with Crippen LogP contribution < -0.4 is 10.7 Å². The fourth-order valence-electron chi connectivity index (χ4n) is 8.85. The van der Waals surface area contributed by atoms with E-state index in [-0.39, 0.29) is 11.4 Å². The summed E-state index contributed by atoms with van der Waals surface area (Å²) in [5, 5.41) is -1.33. The number of hydrogen-bond acceptors (Lipinski definition) is 1. The number of H-pyrrole nitrogens is 3. The molecule has 0 spiro atoms. The molecule has 0 aliphatic carbocycles. The maximum Gasteiger partial charge on any atom is 0.200 e. The molecule has 0 radical (unpaired) electrons. The fraction of sp³-hybridized carbons (Fsp3) is 0.0200. The van der Waals surface area contributed by atoms with Crippen LogP contribution in [0.1, 0.15) is 50.6 Å². The van der Waals surface area contributed by atoms with Crippen molar-refractivity contribution in [3.63, 3.8) is 0 Å². The van der Waals surface area contributed by atoms with Crippen LogP contribution in [0, 0.1) is 87.3 Å². The molecule has 4 nitrogen and oxygen atoms in total. The summed E-state index contributed by atoms with van der Waals surface area (Å²) in [4.78, 5) is 12.7. The molecule has 0 atom stereocenters. The standard InChI is InChI=1S/C50H21F15N4/c51-35-32(36(52)42(58)47(63)41(35)57)29-21-11-13-23(66-21)30(33-37(53)43(59)48(64)44(60)38(33)54)25-15-17-27(68-25)50(19-7-3-1-4-8-19,20-9-5-2-6-10-20)28-18-16-26(69-28)31(24-14-12-22(29)67-24)34-39(55)45(61)49(65)46(62)40(34)56/h1-18,66,68-69H/b29-21+,30-23+,31-24+. The van der Waals surface area contributed by atoms with E-state index >= 15 is 52.7 Å². The molecule has 8 bridgehead atoms.